The quantitative estimate of drug-likeness (QED) is 0.540. The Kier molecular flexibility index (Phi) is 2.69. The van der Waals surface area contributed by atoms with E-state index in [0.29, 0.717) is 5.69 Å². The first-order valence-corrected chi connectivity index (χ1v) is 4.05. The summed E-state index contributed by atoms with van der Waals surface area (Å²) in [4.78, 5) is 11.5. The molecular weight excluding hydrogens is 187 g/mol. The second-order valence-corrected chi connectivity index (χ2v) is 3.25. The summed E-state index contributed by atoms with van der Waals surface area (Å²) in [6.45, 7) is 1.51. The van der Waals surface area contributed by atoms with Crippen LogP contribution in [-0.4, -0.2) is 19.0 Å². The summed E-state index contributed by atoms with van der Waals surface area (Å²) < 4.78 is 13.2. The number of rotatable bonds is 2. The lowest BCUT2D eigenvalue weighted by atomic mass is 10.1. The Morgan fingerprint density at radius 3 is 2.43 bits per heavy atom. The summed E-state index contributed by atoms with van der Waals surface area (Å²) in [6, 6.07) is 2.80. The molecule has 76 valence electrons. The third kappa shape index (κ3) is 1.81. The molecule has 0 bridgehead atoms. The van der Waals surface area contributed by atoms with Gasteiger partial charge in [0.25, 0.3) is 0 Å². The molecule has 0 unspecified atom stereocenters. The van der Waals surface area contributed by atoms with Gasteiger partial charge >= 0.3 is 5.69 Å². The number of benzene rings is 1. The normalized spacial score (nSPS) is 10.0. The number of halogens is 1. The number of nitro groups is 1. The van der Waals surface area contributed by atoms with Gasteiger partial charge in [0.05, 0.1) is 4.92 Å². The van der Waals surface area contributed by atoms with E-state index in [2.05, 4.69) is 0 Å². The zero-order chi connectivity index (χ0) is 10.9. The first-order chi connectivity index (χ1) is 6.43. The molecule has 0 aliphatic carbocycles. The number of nitrogens with zero attached hydrogens (tertiary/aromatic N) is 2. The Labute approximate surface area is 81.1 Å². The van der Waals surface area contributed by atoms with Gasteiger partial charge in [-0.1, -0.05) is 0 Å². The predicted octanol–water partition coefficient (Wildman–Crippen LogP) is 2.11. The van der Waals surface area contributed by atoms with Crippen LogP contribution in [0, 0.1) is 22.9 Å². The third-order valence-corrected chi connectivity index (χ3v) is 1.93. The fourth-order valence-corrected chi connectivity index (χ4v) is 1.12. The van der Waals surface area contributed by atoms with Gasteiger partial charge in [0.2, 0.25) is 5.82 Å². The van der Waals surface area contributed by atoms with Gasteiger partial charge in [0.1, 0.15) is 0 Å². The van der Waals surface area contributed by atoms with Crippen LogP contribution in [0.2, 0.25) is 0 Å². The molecule has 4 nitrogen and oxygen atoms in total. The molecule has 0 saturated heterocycles. The minimum atomic E-state index is -0.763. The largest absolute Gasteiger partial charge is 0.377 e. The average molecular weight is 198 g/mol. The molecule has 0 heterocycles. The molecule has 0 aliphatic rings. The molecule has 0 aliphatic heterocycles. The Hall–Kier alpha value is -1.65. The molecule has 0 spiro atoms. The lowest BCUT2D eigenvalue weighted by molar-refractivity contribution is -0.387. The van der Waals surface area contributed by atoms with Crippen molar-refractivity contribution >= 4 is 11.4 Å². The maximum atomic E-state index is 13.2. The van der Waals surface area contributed by atoms with Crippen LogP contribution in [0.15, 0.2) is 12.1 Å². The second kappa shape index (κ2) is 3.61. The molecule has 1 aromatic rings. The van der Waals surface area contributed by atoms with Crippen LogP contribution in [0.3, 0.4) is 0 Å². The molecule has 1 aromatic carbocycles. The van der Waals surface area contributed by atoms with E-state index >= 15 is 0 Å². The van der Waals surface area contributed by atoms with E-state index in [0.717, 1.165) is 0 Å². The van der Waals surface area contributed by atoms with E-state index < -0.39 is 16.4 Å². The van der Waals surface area contributed by atoms with Crippen molar-refractivity contribution in [2.45, 2.75) is 6.92 Å². The molecule has 14 heavy (non-hydrogen) atoms. The van der Waals surface area contributed by atoms with Gasteiger partial charge in [-0.15, -0.1) is 0 Å². The monoisotopic (exact) mass is 198 g/mol. The Balaban J connectivity index is 3.35. The molecule has 0 aromatic heterocycles. The van der Waals surface area contributed by atoms with E-state index in [-0.39, 0.29) is 5.56 Å². The van der Waals surface area contributed by atoms with E-state index in [9.17, 15) is 14.5 Å². The molecule has 5 heteroatoms. The topological polar surface area (TPSA) is 46.4 Å². The number of nitro benzene ring substituents is 1. The zero-order valence-electron chi connectivity index (χ0n) is 8.24. The fourth-order valence-electron chi connectivity index (χ4n) is 1.12. The predicted molar refractivity (Wildman–Crippen MR) is 52.1 cm³/mol. The summed E-state index contributed by atoms with van der Waals surface area (Å²) in [5, 5.41) is 10.5. The highest BCUT2D eigenvalue weighted by atomic mass is 19.1. The Bertz CT molecular complexity index is 377. The van der Waals surface area contributed by atoms with Gasteiger partial charge in [0.15, 0.2) is 0 Å². The van der Waals surface area contributed by atoms with E-state index in [4.69, 9.17) is 0 Å². The number of anilines is 1. The zero-order valence-corrected chi connectivity index (χ0v) is 8.24. The highest BCUT2D eigenvalue weighted by molar-refractivity contribution is 5.55. The van der Waals surface area contributed by atoms with E-state index in [1.807, 2.05) is 0 Å². The van der Waals surface area contributed by atoms with Gasteiger partial charge in [-0.3, -0.25) is 10.1 Å². The van der Waals surface area contributed by atoms with Crippen LogP contribution < -0.4 is 4.90 Å². The van der Waals surface area contributed by atoms with Crippen LogP contribution in [0.1, 0.15) is 5.56 Å². The van der Waals surface area contributed by atoms with Crippen molar-refractivity contribution in [1.82, 2.24) is 0 Å². The molecule has 0 atom stereocenters. The van der Waals surface area contributed by atoms with Crippen LogP contribution in [0.25, 0.3) is 0 Å². The van der Waals surface area contributed by atoms with Gasteiger partial charge < -0.3 is 4.90 Å². The summed E-state index contributed by atoms with van der Waals surface area (Å²) in [5.41, 5.74) is 0.423. The lowest BCUT2D eigenvalue weighted by Gasteiger charge is -2.13. The Morgan fingerprint density at radius 2 is 2.00 bits per heavy atom. The van der Waals surface area contributed by atoms with Crippen LogP contribution >= 0.6 is 0 Å². The van der Waals surface area contributed by atoms with Crippen molar-refractivity contribution in [3.8, 4) is 0 Å². The maximum Gasteiger partial charge on any atom is 0.307 e. The van der Waals surface area contributed by atoms with E-state index in [1.165, 1.54) is 13.0 Å². The van der Waals surface area contributed by atoms with Gasteiger partial charge in [-0.05, 0) is 18.6 Å². The molecule has 1 rings (SSSR count). The molecule has 0 N–H and O–H groups in total. The number of hydrogen-bond acceptors (Lipinski definition) is 3. The second-order valence-electron chi connectivity index (χ2n) is 3.25. The average Bonchev–Trinajstić information content (AvgIpc) is 2.08. The van der Waals surface area contributed by atoms with Gasteiger partial charge in [-0.25, -0.2) is 0 Å². The summed E-state index contributed by atoms with van der Waals surface area (Å²) in [5.74, 6) is -0.763. The first kappa shape index (κ1) is 10.4. The van der Waals surface area contributed by atoms with E-state index in [1.54, 1.807) is 25.1 Å². The molecule has 0 saturated carbocycles. The highest BCUT2D eigenvalue weighted by Crippen LogP contribution is 2.26. The SMILES string of the molecule is Cc1cc(N(C)C)cc([N+](=O)[O-])c1F. The Morgan fingerprint density at radius 1 is 1.43 bits per heavy atom. The molecular formula is C9H11FN2O2. The van der Waals surface area contributed by atoms with Crippen molar-refractivity contribution in [3.63, 3.8) is 0 Å². The number of hydrogen-bond donors (Lipinski definition) is 0. The summed E-state index contributed by atoms with van der Waals surface area (Å²) in [7, 11) is 3.49. The molecule has 0 fully saturated rings. The van der Waals surface area contributed by atoms with Crippen molar-refractivity contribution in [1.29, 1.82) is 0 Å². The third-order valence-electron chi connectivity index (χ3n) is 1.93. The number of aryl methyl sites for hydroxylation is 1. The van der Waals surface area contributed by atoms with Gasteiger partial charge in [0, 0.05) is 25.8 Å². The minimum absolute atomic E-state index is 0.280. The van der Waals surface area contributed by atoms with Gasteiger partial charge in [-0.2, -0.15) is 4.39 Å². The van der Waals surface area contributed by atoms with Crippen LogP contribution in [-0.2, 0) is 0 Å². The van der Waals surface area contributed by atoms with Crippen LogP contribution in [0.4, 0.5) is 15.8 Å². The smallest absolute Gasteiger partial charge is 0.307 e. The van der Waals surface area contributed by atoms with Crippen LogP contribution in [0.5, 0.6) is 0 Å². The molecule has 0 radical (unpaired) electrons. The summed E-state index contributed by atoms with van der Waals surface area (Å²) in [6.07, 6.45) is 0. The van der Waals surface area contributed by atoms with Crippen molar-refractivity contribution in [3.05, 3.63) is 33.6 Å². The minimum Gasteiger partial charge on any atom is -0.377 e. The van der Waals surface area contributed by atoms with Crippen molar-refractivity contribution < 1.29 is 9.31 Å². The maximum absolute atomic E-state index is 13.2. The first-order valence-electron chi connectivity index (χ1n) is 4.05. The highest BCUT2D eigenvalue weighted by Gasteiger charge is 2.17. The van der Waals surface area contributed by atoms with Crippen molar-refractivity contribution in [2.24, 2.45) is 0 Å². The fraction of sp³-hybridized carbons (Fsp3) is 0.333. The van der Waals surface area contributed by atoms with Crippen molar-refractivity contribution in [2.75, 3.05) is 19.0 Å². The standard InChI is InChI=1S/C9H11FN2O2/c1-6-4-7(11(2)3)5-8(9(6)10)12(13)14/h4-5H,1-3H3. The molecule has 0 amide bonds. The lowest BCUT2D eigenvalue weighted by Crippen LogP contribution is -2.10. The summed E-state index contributed by atoms with van der Waals surface area (Å²) >= 11 is 0.